The first-order chi connectivity index (χ1) is 3.70. The average molecular weight is 114 g/mol. The molecule has 0 saturated carbocycles. The number of hydrogen-bond acceptors (Lipinski definition) is 3. The Kier molecular flexibility index (Phi) is 0.831. The topological polar surface area (TPSA) is 76.7 Å². The SMILES string of the molecule is Cn1[nH]c(=O)nc1N. The Morgan fingerprint density at radius 3 is 2.62 bits per heavy atom. The highest BCUT2D eigenvalue weighted by atomic mass is 16.1. The van der Waals surface area contributed by atoms with Crippen molar-refractivity contribution >= 4 is 5.95 Å². The molecule has 0 aliphatic rings. The van der Waals surface area contributed by atoms with E-state index in [0.717, 1.165) is 0 Å². The van der Waals surface area contributed by atoms with Gasteiger partial charge in [0.15, 0.2) is 0 Å². The highest BCUT2D eigenvalue weighted by Gasteiger charge is 1.92. The van der Waals surface area contributed by atoms with Gasteiger partial charge in [0.2, 0.25) is 5.95 Å². The molecule has 0 atom stereocenters. The zero-order chi connectivity index (χ0) is 6.15. The van der Waals surface area contributed by atoms with Crippen LogP contribution in [0.25, 0.3) is 0 Å². The third-order valence-electron chi connectivity index (χ3n) is 0.823. The summed E-state index contributed by atoms with van der Waals surface area (Å²) in [6, 6.07) is 0. The first-order valence-electron chi connectivity index (χ1n) is 2.08. The number of nitrogens with two attached hydrogens (primary N) is 1. The molecule has 1 rings (SSSR count). The molecule has 1 aromatic rings. The van der Waals surface area contributed by atoms with Crippen molar-refractivity contribution in [1.82, 2.24) is 14.8 Å². The van der Waals surface area contributed by atoms with Crippen LogP contribution in [0.1, 0.15) is 0 Å². The van der Waals surface area contributed by atoms with Crippen LogP contribution >= 0.6 is 0 Å². The molecule has 0 saturated heterocycles. The molecule has 0 amide bonds. The lowest BCUT2D eigenvalue weighted by Crippen LogP contribution is -2.03. The van der Waals surface area contributed by atoms with Gasteiger partial charge in [-0.3, -0.25) is 4.68 Å². The van der Waals surface area contributed by atoms with Crippen LogP contribution in [0.4, 0.5) is 5.95 Å². The second kappa shape index (κ2) is 1.36. The minimum absolute atomic E-state index is 0.204. The summed E-state index contributed by atoms with van der Waals surface area (Å²) in [6.07, 6.45) is 0. The summed E-state index contributed by atoms with van der Waals surface area (Å²) in [6.45, 7) is 0. The molecular weight excluding hydrogens is 108 g/mol. The predicted molar refractivity (Wildman–Crippen MR) is 28.2 cm³/mol. The maximum Gasteiger partial charge on any atom is 0.363 e. The molecule has 5 heteroatoms. The molecule has 0 aliphatic heterocycles. The average Bonchev–Trinajstić information content (AvgIpc) is 1.85. The van der Waals surface area contributed by atoms with Gasteiger partial charge in [0.05, 0.1) is 0 Å². The van der Waals surface area contributed by atoms with E-state index in [9.17, 15) is 4.79 Å². The third-order valence-corrected chi connectivity index (χ3v) is 0.823. The number of nitrogens with one attached hydrogen (secondary N) is 1. The number of hydrogen-bond donors (Lipinski definition) is 2. The summed E-state index contributed by atoms with van der Waals surface area (Å²) in [5, 5.41) is 2.33. The van der Waals surface area contributed by atoms with Crippen LogP contribution in [0.3, 0.4) is 0 Å². The lowest BCUT2D eigenvalue weighted by molar-refractivity contribution is 0.767. The van der Waals surface area contributed by atoms with Gasteiger partial charge in [-0.15, -0.1) is 0 Å². The summed E-state index contributed by atoms with van der Waals surface area (Å²) in [7, 11) is 1.61. The van der Waals surface area contributed by atoms with E-state index in [1.165, 1.54) is 4.68 Å². The van der Waals surface area contributed by atoms with E-state index >= 15 is 0 Å². The van der Waals surface area contributed by atoms with Gasteiger partial charge in [0.25, 0.3) is 0 Å². The molecule has 5 nitrogen and oxygen atoms in total. The third kappa shape index (κ3) is 0.575. The van der Waals surface area contributed by atoms with Crippen molar-refractivity contribution < 1.29 is 0 Å². The normalized spacial score (nSPS) is 9.62. The van der Waals surface area contributed by atoms with E-state index in [-0.39, 0.29) is 5.95 Å². The summed E-state index contributed by atoms with van der Waals surface area (Å²) in [5.41, 5.74) is 4.75. The molecule has 44 valence electrons. The molecule has 0 aromatic carbocycles. The fourth-order valence-corrected chi connectivity index (χ4v) is 0.405. The van der Waals surface area contributed by atoms with Crippen LogP contribution in [0.5, 0.6) is 0 Å². The van der Waals surface area contributed by atoms with Crippen molar-refractivity contribution in [3.8, 4) is 0 Å². The van der Waals surface area contributed by atoms with Crippen LogP contribution in [0.2, 0.25) is 0 Å². The van der Waals surface area contributed by atoms with Crippen LogP contribution < -0.4 is 11.4 Å². The zero-order valence-corrected chi connectivity index (χ0v) is 4.38. The van der Waals surface area contributed by atoms with Crippen molar-refractivity contribution in [1.29, 1.82) is 0 Å². The number of H-pyrrole nitrogens is 1. The molecule has 1 aromatic heterocycles. The lowest BCUT2D eigenvalue weighted by Gasteiger charge is -1.86. The summed E-state index contributed by atoms with van der Waals surface area (Å²) >= 11 is 0. The lowest BCUT2D eigenvalue weighted by atomic mass is 11.0. The molecule has 0 bridgehead atoms. The molecule has 0 unspecified atom stereocenters. The van der Waals surface area contributed by atoms with E-state index in [4.69, 9.17) is 5.73 Å². The molecule has 0 spiro atoms. The molecule has 0 fully saturated rings. The maximum absolute atomic E-state index is 10.2. The number of rotatable bonds is 0. The summed E-state index contributed by atoms with van der Waals surface area (Å²) in [5.74, 6) is 0.204. The number of nitrogens with zero attached hydrogens (tertiary/aromatic N) is 2. The Labute approximate surface area is 45.1 Å². The van der Waals surface area contributed by atoms with Gasteiger partial charge < -0.3 is 5.73 Å². The van der Waals surface area contributed by atoms with Crippen molar-refractivity contribution in [3.05, 3.63) is 10.5 Å². The molecule has 0 radical (unpaired) electrons. The molecule has 1 heterocycles. The monoisotopic (exact) mass is 114 g/mol. The standard InChI is InChI=1S/C3H6N4O/c1-7-2(4)5-3(8)6-7/h1H3,(H3,4,5,6,8). The Bertz CT molecular complexity index is 211. The second-order valence-corrected chi connectivity index (χ2v) is 1.45. The highest BCUT2D eigenvalue weighted by Crippen LogP contribution is 1.81. The van der Waals surface area contributed by atoms with Gasteiger partial charge in [-0.1, -0.05) is 0 Å². The van der Waals surface area contributed by atoms with E-state index in [1.807, 2.05) is 0 Å². The first kappa shape index (κ1) is 4.89. The fraction of sp³-hybridized carbons (Fsp3) is 0.333. The predicted octanol–water partition coefficient (Wildman–Crippen LogP) is -1.31. The number of aromatic amines is 1. The zero-order valence-electron chi connectivity index (χ0n) is 4.38. The minimum atomic E-state index is -0.412. The number of aromatic nitrogens is 3. The van der Waals surface area contributed by atoms with Crippen LogP contribution in [-0.2, 0) is 7.05 Å². The number of nitrogen functional groups attached to an aromatic ring is 1. The van der Waals surface area contributed by atoms with Gasteiger partial charge in [-0.2, -0.15) is 4.98 Å². The van der Waals surface area contributed by atoms with Crippen molar-refractivity contribution in [2.45, 2.75) is 0 Å². The number of aryl methyl sites for hydroxylation is 1. The van der Waals surface area contributed by atoms with Crippen LogP contribution in [0.15, 0.2) is 4.79 Å². The highest BCUT2D eigenvalue weighted by molar-refractivity contribution is 5.11. The molecule has 0 aliphatic carbocycles. The van der Waals surface area contributed by atoms with Gasteiger partial charge in [-0.05, 0) is 0 Å². The molecule has 8 heavy (non-hydrogen) atoms. The van der Waals surface area contributed by atoms with E-state index < -0.39 is 5.69 Å². The quantitative estimate of drug-likeness (QED) is 0.439. The van der Waals surface area contributed by atoms with Gasteiger partial charge in [-0.25, -0.2) is 9.89 Å². The molecule has 3 N–H and O–H groups in total. The fourth-order valence-electron chi connectivity index (χ4n) is 0.405. The van der Waals surface area contributed by atoms with E-state index in [2.05, 4.69) is 10.1 Å². The van der Waals surface area contributed by atoms with Gasteiger partial charge in [0.1, 0.15) is 0 Å². The summed E-state index contributed by atoms with van der Waals surface area (Å²) in [4.78, 5) is 13.6. The smallest absolute Gasteiger partial charge is 0.363 e. The van der Waals surface area contributed by atoms with Gasteiger partial charge in [0, 0.05) is 7.05 Å². The van der Waals surface area contributed by atoms with Crippen LogP contribution in [-0.4, -0.2) is 14.8 Å². The Balaban J connectivity index is 3.35. The van der Waals surface area contributed by atoms with Crippen molar-refractivity contribution in [3.63, 3.8) is 0 Å². The summed E-state index contributed by atoms with van der Waals surface area (Å²) < 4.78 is 1.35. The van der Waals surface area contributed by atoms with Gasteiger partial charge >= 0.3 is 5.69 Å². The first-order valence-corrected chi connectivity index (χ1v) is 2.08. The van der Waals surface area contributed by atoms with E-state index in [1.54, 1.807) is 7.05 Å². The Hall–Kier alpha value is -1.26. The van der Waals surface area contributed by atoms with Crippen molar-refractivity contribution in [2.24, 2.45) is 7.05 Å². The van der Waals surface area contributed by atoms with E-state index in [0.29, 0.717) is 0 Å². The van der Waals surface area contributed by atoms with Crippen LogP contribution in [0, 0.1) is 0 Å². The largest absolute Gasteiger partial charge is 0.368 e. The van der Waals surface area contributed by atoms with Crippen molar-refractivity contribution in [2.75, 3.05) is 5.73 Å². The number of anilines is 1. The minimum Gasteiger partial charge on any atom is -0.368 e. The molecular formula is C3H6N4O. The Morgan fingerprint density at radius 1 is 1.88 bits per heavy atom. The maximum atomic E-state index is 10.2. The Morgan fingerprint density at radius 2 is 2.50 bits per heavy atom. The second-order valence-electron chi connectivity index (χ2n) is 1.45.